The van der Waals surface area contributed by atoms with Crippen molar-refractivity contribution in [2.24, 2.45) is 5.92 Å². The van der Waals surface area contributed by atoms with Gasteiger partial charge in [-0.15, -0.1) is 0 Å². The first kappa shape index (κ1) is 21.6. The summed E-state index contributed by atoms with van der Waals surface area (Å²) in [5, 5.41) is 7.00. The first-order valence-electron chi connectivity index (χ1n) is 9.63. The number of alkyl halides is 3. The van der Waals surface area contributed by atoms with Crippen LogP contribution in [0.3, 0.4) is 0 Å². The van der Waals surface area contributed by atoms with E-state index in [4.69, 9.17) is 0 Å². The molecule has 6 nitrogen and oxygen atoms in total. The van der Waals surface area contributed by atoms with E-state index in [1.807, 2.05) is 0 Å². The minimum absolute atomic E-state index is 0.0169. The van der Waals surface area contributed by atoms with Crippen molar-refractivity contribution in [3.8, 4) is 5.69 Å². The number of anilines is 1. The van der Waals surface area contributed by atoms with Gasteiger partial charge in [-0.05, 0) is 62.8 Å². The molecule has 1 heterocycles. The first-order valence-corrected chi connectivity index (χ1v) is 11.3. The molecule has 0 amide bonds. The summed E-state index contributed by atoms with van der Waals surface area (Å²) < 4.78 is 67.7. The lowest BCUT2D eigenvalue weighted by atomic mass is 9.86. The van der Waals surface area contributed by atoms with Crippen molar-refractivity contribution in [3.63, 3.8) is 0 Å². The second-order valence-corrected chi connectivity index (χ2v) is 9.34. The Balaban J connectivity index is 1.60. The van der Waals surface area contributed by atoms with E-state index in [1.165, 1.54) is 23.1 Å². The molecule has 0 bridgehead atoms. The Morgan fingerprint density at radius 1 is 1.21 bits per heavy atom. The van der Waals surface area contributed by atoms with Crippen LogP contribution in [0.25, 0.3) is 5.69 Å². The highest BCUT2D eigenvalue weighted by Gasteiger charge is 2.34. The molecule has 2 N–H and O–H groups in total. The van der Waals surface area contributed by atoms with Crippen molar-refractivity contribution in [2.45, 2.75) is 44.8 Å². The van der Waals surface area contributed by atoms with Crippen LogP contribution in [0.4, 0.5) is 18.9 Å². The third-order valence-corrected chi connectivity index (χ3v) is 6.67. The molecule has 1 fully saturated rings. The standard InChI is InChI=1S/C19H25F3N4O2S/c1-2-29(27,28)25-15-6-4-14(5-7-15)13-23-16-8-9-18(26-11-3-10-24-26)17(12-16)19(20,21)22/h3,8-12,14-15,23,25H,2,4-7,13H2,1H3. The van der Waals surface area contributed by atoms with Gasteiger partial charge < -0.3 is 5.32 Å². The average molecular weight is 430 g/mol. The van der Waals surface area contributed by atoms with Gasteiger partial charge in [0.2, 0.25) is 10.0 Å². The molecule has 0 saturated heterocycles. The van der Waals surface area contributed by atoms with E-state index >= 15 is 0 Å². The van der Waals surface area contributed by atoms with Gasteiger partial charge >= 0.3 is 6.18 Å². The zero-order valence-electron chi connectivity index (χ0n) is 16.1. The Bertz CT molecular complexity index is 906. The zero-order valence-corrected chi connectivity index (χ0v) is 16.9. The van der Waals surface area contributed by atoms with Crippen molar-refractivity contribution in [1.82, 2.24) is 14.5 Å². The average Bonchev–Trinajstić information content (AvgIpc) is 3.21. The fourth-order valence-electron chi connectivity index (χ4n) is 3.57. The van der Waals surface area contributed by atoms with Gasteiger partial charge in [-0.2, -0.15) is 18.3 Å². The number of halogens is 3. The second-order valence-electron chi connectivity index (χ2n) is 7.30. The van der Waals surface area contributed by atoms with Crippen LogP contribution in [0.2, 0.25) is 0 Å². The van der Waals surface area contributed by atoms with E-state index in [2.05, 4.69) is 15.1 Å². The summed E-state index contributed by atoms with van der Waals surface area (Å²) >= 11 is 0. The second kappa shape index (κ2) is 8.74. The van der Waals surface area contributed by atoms with E-state index in [0.717, 1.165) is 31.7 Å². The normalized spacial score (nSPS) is 20.6. The monoisotopic (exact) mass is 430 g/mol. The van der Waals surface area contributed by atoms with Crippen LogP contribution in [0.15, 0.2) is 36.7 Å². The maximum Gasteiger partial charge on any atom is 0.418 e. The summed E-state index contributed by atoms with van der Waals surface area (Å²) in [5.74, 6) is 0.349. The van der Waals surface area contributed by atoms with Crippen molar-refractivity contribution in [1.29, 1.82) is 0 Å². The fraction of sp³-hybridized carbons (Fsp3) is 0.526. The molecule has 0 atom stereocenters. The number of nitrogens with zero attached hydrogens (tertiary/aromatic N) is 2. The maximum absolute atomic E-state index is 13.5. The van der Waals surface area contributed by atoms with E-state index in [9.17, 15) is 21.6 Å². The minimum atomic E-state index is -4.49. The van der Waals surface area contributed by atoms with Crippen LogP contribution < -0.4 is 10.0 Å². The summed E-state index contributed by atoms with van der Waals surface area (Å²) in [7, 11) is -3.21. The van der Waals surface area contributed by atoms with Crippen LogP contribution in [-0.4, -0.2) is 36.5 Å². The van der Waals surface area contributed by atoms with Gasteiger partial charge in [0.1, 0.15) is 0 Å². The van der Waals surface area contributed by atoms with Crippen molar-refractivity contribution >= 4 is 15.7 Å². The van der Waals surface area contributed by atoms with Crippen LogP contribution >= 0.6 is 0 Å². The Hall–Kier alpha value is -2.07. The predicted octanol–water partition coefficient (Wildman–Crippen LogP) is 3.80. The number of nitrogens with one attached hydrogen (secondary N) is 2. The lowest BCUT2D eigenvalue weighted by molar-refractivity contribution is -0.137. The number of sulfonamides is 1. The summed E-state index contributed by atoms with van der Waals surface area (Å²) in [6, 6.07) is 5.66. The minimum Gasteiger partial charge on any atom is -0.385 e. The summed E-state index contributed by atoms with van der Waals surface area (Å²) in [5.41, 5.74) is -0.359. The first-order chi connectivity index (χ1) is 13.7. The van der Waals surface area contributed by atoms with Crippen molar-refractivity contribution < 1.29 is 21.6 Å². The summed E-state index contributed by atoms with van der Waals surface area (Å²) in [6.07, 6.45) is 1.53. The zero-order chi connectivity index (χ0) is 21.1. The van der Waals surface area contributed by atoms with Gasteiger partial charge in [-0.1, -0.05) is 0 Å². The van der Waals surface area contributed by atoms with Crippen molar-refractivity contribution in [2.75, 3.05) is 17.6 Å². The molecule has 0 spiro atoms. The van der Waals surface area contributed by atoms with E-state index in [-0.39, 0.29) is 23.4 Å². The molecule has 0 aliphatic heterocycles. The number of aromatic nitrogens is 2. The molecule has 2 aromatic rings. The third kappa shape index (κ3) is 5.72. The van der Waals surface area contributed by atoms with Gasteiger partial charge in [-0.25, -0.2) is 17.8 Å². The topological polar surface area (TPSA) is 76.0 Å². The van der Waals surface area contributed by atoms with Gasteiger partial charge in [0.25, 0.3) is 0 Å². The molecular weight excluding hydrogens is 405 g/mol. The van der Waals surface area contributed by atoms with Crippen LogP contribution in [0, 0.1) is 5.92 Å². The summed E-state index contributed by atoms with van der Waals surface area (Å²) in [6.45, 7) is 2.15. The molecule has 1 aromatic heterocycles. The van der Waals surface area contributed by atoms with Gasteiger partial charge in [-0.3, -0.25) is 0 Å². The van der Waals surface area contributed by atoms with Gasteiger partial charge in [0, 0.05) is 30.7 Å². The predicted molar refractivity (Wildman–Crippen MR) is 105 cm³/mol. The molecular formula is C19H25F3N4O2S. The molecule has 1 saturated carbocycles. The van der Waals surface area contributed by atoms with Crippen LogP contribution in [0.5, 0.6) is 0 Å². The smallest absolute Gasteiger partial charge is 0.385 e. The van der Waals surface area contributed by atoms with Crippen LogP contribution in [-0.2, 0) is 16.2 Å². The molecule has 0 unspecified atom stereocenters. The van der Waals surface area contributed by atoms with Crippen molar-refractivity contribution in [3.05, 3.63) is 42.2 Å². The highest BCUT2D eigenvalue weighted by molar-refractivity contribution is 7.89. The van der Waals surface area contributed by atoms with E-state index in [1.54, 1.807) is 19.1 Å². The number of hydrogen-bond acceptors (Lipinski definition) is 4. The largest absolute Gasteiger partial charge is 0.418 e. The Morgan fingerprint density at radius 3 is 2.52 bits per heavy atom. The quantitative estimate of drug-likeness (QED) is 0.701. The highest BCUT2D eigenvalue weighted by atomic mass is 32.2. The maximum atomic E-state index is 13.5. The molecule has 0 radical (unpaired) electrons. The van der Waals surface area contributed by atoms with E-state index < -0.39 is 21.8 Å². The highest BCUT2D eigenvalue weighted by Crippen LogP contribution is 2.35. The SMILES string of the molecule is CCS(=O)(=O)NC1CCC(CNc2ccc(-n3cccn3)c(C(F)(F)F)c2)CC1. The lowest BCUT2D eigenvalue weighted by Crippen LogP contribution is -2.39. The number of benzene rings is 1. The molecule has 29 heavy (non-hydrogen) atoms. The summed E-state index contributed by atoms with van der Waals surface area (Å²) in [4.78, 5) is 0. The van der Waals surface area contributed by atoms with Gasteiger partial charge in [0.05, 0.1) is 17.0 Å². The fourth-order valence-corrected chi connectivity index (χ4v) is 4.48. The lowest BCUT2D eigenvalue weighted by Gasteiger charge is -2.29. The molecule has 1 aliphatic carbocycles. The Kier molecular flexibility index (Phi) is 6.52. The number of hydrogen-bond donors (Lipinski definition) is 2. The molecule has 1 aromatic carbocycles. The third-order valence-electron chi connectivity index (χ3n) is 5.22. The number of rotatable bonds is 7. The van der Waals surface area contributed by atoms with Gasteiger partial charge in [0.15, 0.2) is 0 Å². The molecule has 160 valence electrons. The van der Waals surface area contributed by atoms with Crippen LogP contribution in [0.1, 0.15) is 38.2 Å². The Morgan fingerprint density at radius 2 is 1.93 bits per heavy atom. The van der Waals surface area contributed by atoms with E-state index in [0.29, 0.717) is 12.2 Å². The molecule has 1 aliphatic rings. The Labute approximate surface area is 168 Å². The molecule has 10 heteroatoms. The molecule has 3 rings (SSSR count).